The van der Waals surface area contributed by atoms with Crippen LogP contribution < -0.4 is 0 Å². The quantitative estimate of drug-likeness (QED) is 0.808. The number of esters is 1. The number of rotatable bonds is 4. The Morgan fingerprint density at radius 1 is 1.33 bits per heavy atom. The number of ether oxygens (including phenoxy) is 1. The van der Waals surface area contributed by atoms with E-state index in [0.717, 1.165) is 25.7 Å². The first-order chi connectivity index (χ1) is 10.3. The lowest BCUT2D eigenvalue weighted by Gasteiger charge is -2.20. The van der Waals surface area contributed by atoms with Crippen LogP contribution in [0.25, 0.3) is 0 Å². The maximum atomic E-state index is 12.3. The second-order valence-corrected chi connectivity index (χ2v) is 5.48. The number of hydrogen-bond acceptors (Lipinski definition) is 3. The summed E-state index contributed by atoms with van der Waals surface area (Å²) in [6.45, 7) is 2.10. The molecule has 1 saturated carbocycles. The smallest absolute Gasteiger partial charge is 0.338 e. The molecule has 1 heterocycles. The molecule has 4 heteroatoms. The fourth-order valence-corrected chi connectivity index (χ4v) is 2.91. The molecule has 0 spiro atoms. The molecule has 2 aromatic rings. The van der Waals surface area contributed by atoms with Gasteiger partial charge in [0.1, 0.15) is 6.10 Å². The lowest BCUT2D eigenvalue weighted by atomic mass is 10.1. The highest BCUT2D eigenvalue weighted by Crippen LogP contribution is 2.32. The van der Waals surface area contributed by atoms with Crippen molar-refractivity contribution in [2.45, 2.75) is 44.8 Å². The Balaban J connectivity index is 1.68. The Morgan fingerprint density at radius 3 is 2.81 bits per heavy atom. The van der Waals surface area contributed by atoms with Crippen molar-refractivity contribution in [1.29, 1.82) is 0 Å². The van der Waals surface area contributed by atoms with Crippen LogP contribution in [0.4, 0.5) is 0 Å². The van der Waals surface area contributed by atoms with Crippen molar-refractivity contribution >= 4 is 5.97 Å². The lowest BCUT2D eigenvalue weighted by Crippen LogP contribution is -2.25. The van der Waals surface area contributed by atoms with Crippen molar-refractivity contribution in [3.8, 4) is 0 Å². The fourth-order valence-electron chi connectivity index (χ4n) is 2.91. The van der Waals surface area contributed by atoms with Crippen LogP contribution in [-0.2, 0) is 11.2 Å². The number of benzene rings is 1. The Labute approximate surface area is 124 Å². The summed E-state index contributed by atoms with van der Waals surface area (Å²) < 4.78 is 7.62. The van der Waals surface area contributed by atoms with E-state index in [0.29, 0.717) is 5.56 Å². The van der Waals surface area contributed by atoms with Crippen LogP contribution in [0.5, 0.6) is 0 Å². The van der Waals surface area contributed by atoms with E-state index >= 15 is 0 Å². The molecule has 1 aromatic carbocycles. The van der Waals surface area contributed by atoms with Gasteiger partial charge in [0.25, 0.3) is 0 Å². The van der Waals surface area contributed by atoms with Gasteiger partial charge in [-0.3, -0.25) is 4.68 Å². The van der Waals surface area contributed by atoms with Crippen LogP contribution in [0, 0.1) is 0 Å². The van der Waals surface area contributed by atoms with Crippen LogP contribution >= 0.6 is 0 Å². The summed E-state index contributed by atoms with van der Waals surface area (Å²) in [6.07, 6.45) is 7.57. The number of carbonyl (C=O) groups excluding carboxylic acids is 1. The first-order valence-electron chi connectivity index (χ1n) is 7.57. The molecule has 0 amide bonds. The normalized spacial score (nSPS) is 21.4. The van der Waals surface area contributed by atoms with Crippen LogP contribution in [0.3, 0.4) is 0 Å². The second-order valence-electron chi connectivity index (χ2n) is 5.48. The number of hydrogen-bond donors (Lipinski definition) is 0. The number of aromatic nitrogens is 2. The zero-order valence-corrected chi connectivity index (χ0v) is 12.2. The standard InChI is InChI=1S/C17H20N2O2/c1-2-13-7-9-14(10-8-13)17(20)21-16-6-3-5-15(16)19-12-4-11-18-19/h4,7-12,15-16H,2-3,5-6H2,1H3/t15-,16-/m1/s1. The molecule has 2 atom stereocenters. The van der Waals surface area contributed by atoms with Crippen molar-refractivity contribution in [2.75, 3.05) is 0 Å². The maximum Gasteiger partial charge on any atom is 0.338 e. The monoisotopic (exact) mass is 284 g/mol. The first kappa shape index (κ1) is 13.9. The zero-order valence-electron chi connectivity index (χ0n) is 12.2. The van der Waals surface area contributed by atoms with Gasteiger partial charge in [-0.1, -0.05) is 19.1 Å². The van der Waals surface area contributed by atoms with Crippen molar-refractivity contribution in [3.63, 3.8) is 0 Å². The lowest BCUT2D eigenvalue weighted by molar-refractivity contribution is 0.0210. The molecule has 0 unspecified atom stereocenters. The van der Waals surface area contributed by atoms with Crippen LogP contribution in [0.2, 0.25) is 0 Å². The van der Waals surface area contributed by atoms with Gasteiger partial charge >= 0.3 is 5.97 Å². The fraction of sp³-hybridized carbons (Fsp3) is 0.412. The average molecular weight is 284 g/mol. The van der Waals surface area contributed by atoms with Crippen LogP contribution in [0.15, 0.2) is 42.7 Å². The van der Waals surface area contributed by atoms with E-state index in [1.165, 1.54) is 5.56 Å². The third-order valence-corrected chi connectivity index (χ3v) is 4.14. The predicted octanol–water partition coefficient (Wildman–Crippen LogP) is 3.40. The Bertz CT molecular complexity index is 590. The zero-order chi connectivity index (χ0) is 14.7. The average Bonchev–Trinajstić information content (AvgIpc) is 3.18. The molecular weight excluding hydrogens is 264 g/mol. The van der Waals surface area contributed by atoms with Crippen LogP contribution in [0.1, 0.15) is 48.1 Å². The second kappa shape index (κ2) is 6.12. The Hall–Kier alpha value is -2.10. The number of nitrogens with zero attached hydrogens (tertiary/aromatic N) is 2. The third kappa shape index (κ3) is 2.99. The highest BCUT2D eigenvalue weighted by molar-refractivity contribution is 5.89. The minimum Gasteiger partial charge on any atom is -0.457 e. The molecule has 0 aliphatic heterocycles. The van der Waals surface area contributed by atoms with Gasteiger partial charge < -0.3 is 4.74 Å². The van der Waals surface area contributed by atoms with E-state index in [9.17, 15) is 4.79 Å². The molecule has 110 valence electrons. The predicted molar refractivity (Wildman–Crippen MR) is 80.1 cm³/mol. The van der Waals surface area contributed by atoms with Gasteiger partial charge in [0.05, 0.1) is 11.6 Å². The molecule has 4 nitrogen and oxygen atoms in total. The number of aryl methyl sites for hydroxylation is 1. The first-order valence-corrected chi connectivity index (χ1v) is 7.57. The molecule has 3 rings (SSSR count). The van der Waals surface area contributed by atoms with Crippen molar-refractivity contribution in [2.24, 2.45) is 0 Å². The Morgan fingerprint density at radius 2 is 2.14 bits per heavy atom. The minimum atomic E-state index is -0.235. The topological polar surface area (TPSA) is 44.1 Å². The molecular formula is C17H20N2O2. The summed E-state index contributed by atoms with van der Waals surface area (Å²) in [7, 11) is 0. The van der Waals surface area contributed by atoms with Crippen molar-refractivity contribution in [1.82, 2.24) is 9.78 Å². The van der Waals surface area contributed by atoms with Gasteiger partial charge in [0.2, 0.25) is 0 Å². The molecule has 1 fully saturated rings. The summed E-state index contributed by atoms with van der Waals surface area (Å²) in [6, 6.07) is 9.73. The molecule has 1 aliphatic carbocycles. The van der Waals surface area contributed by atoms with E-state index in [-0.39, 0.29) is 18.1 Å². The maximum absolute atomic E-state index is 12.3. The van der Waals surface area contributed by atoms with Crippen molar-refractivity contribution in [3.05, 3.63) is 53.9 Å². The largest absolute Gasteiger partial charge is 0.457 e. The minimum absolute atomic E-state index is 0.0803. The molecule has 1 aliphatic rings. The van der Waals surface area contributed by atoms with Crippen molar-refractivity contribution < 1.29 is 9.53 Å². The van der Waals surface area contributed by atoms with Gasteiger partial charge in [-0.05, 0) is 49.4 Å². The van der Waals surface area contributed by atoms with E-state index < -0.39 is 0 Å². The molecule has 0 bridgehead atoms. The van der Waals surface area contributed by atoms with E-state index in [2.05, 4.69) is 12.0 Å². The molecule has 21 heavy (non-hydrogen) atoms. The SMILES string of the molecule is CCc1ccc(C(=O)O[C@@H]2CCC[C@H]2n2cccn2)cc1. The third-order valence-electron chi connectivity index (χ3n) is 4.14. The summed E-state index contributed by atoms with van der Waals surface area (Å²) in [4.78, 5) is 12.3. The summed E-state index contributed by atoms with van der Waals surface area (Å²) >= 11 is 0. The van der Waals surface area contributed by atoms with Crippen LogP contribution in [-0.4, -0.2) is 21.9 Å². The van der Waals surface area contributed by atoms with Gasteiger partial charge in [0.15, 0.2) is 0 Å². The summed E-state index contributed by atoms with van der Waals surface area (Å²) in [5.74, 6) is -0.235. The van der Waals surface area contributed by atoms with E-state index in [4.69, 9.17) is 4.74 Å². The van der Waals surface area contributed by atoms with Gasteiger partial charge in [-0.2, -0.15) is 5.10 Å². The summed E-state index contributed by atoms with van der Waals surface area (Å²) in [5, 5.41) is 4.28. The van der Waals surface area contributed by atoms with Gasteiger partial charge in [0, 0.05) is 12.4 Å². The summed E-state index contributed by atoms with van der Waals surface area (Å²) in [5.41, 5.74) is 1.85. The number of carbonyl (C=O) groups is 1. The molecule has 0 radical (unpaired) electrons. The van der Waals surface area contributed by atoms with Gasteiger partial charge in [-0.25, -0.2) is 4.79 Å². The molecule has 0 saturated heterocycles. The highest BCUT2D eigenvalue weighted by atomic mass is 16.5. The highest BCUT2D eigenvalue weighted by Gasteiger charge is 2.32. The van der Waals surface area contributed by atoms with Gasteiger partial charge in [-0.15, -0.1) is 0 Å². The Kier molecular flexibility index (Phi) is 4.04. The molecule has 0 N–H and O–H groups in total. The van der Waals surface area contributed by atoms with E-state index in [1.54, 1.807) is 6.20 Å². The molecule has 1 aromatic heterocycles. The van der Waals surface area contributed by atoms with E-state index in [1.807, 2.05) is 41.2 Å².